The lowest BCUT2D eigenvalue weighted by atomic mass is 9.83. The number of esters is 1. The van der Waals surface area contributed by atoms with Gasteiger partial charge in [0.25, 0.3) is 17.5 Å². The Balaban J connectivity index is 1.86. The molecule has 1 saturated heterocycles. The van der Waals surface area contributed by atoms with Crippen molar-refractivity contribution in [3.8, 4) is 0 Å². The largest absolute Gasteiger partial charge is 0.467 e. The summed E-state index contributed by atoms with van der Waals surface area (Å²) in [5, 5.41) is 13.6. The van der Waals surface area contributed by atoms with E-state index in [2.05, 4.69) is 10.3 Å². The summed E-state index contributed by atoms with van der Waals surface area (Å²) < 4.78 is 25.7. The molecule has 52 heavy (non-hydrogen) atoms. The van der Waals surface area contributed by atoms with Gasteiger partial charge in [0.2, 0.25) is 5.91 Å². The predicted molar refractivity (Wildman–Crippen MR) is 189 cm³/mol. The van der Waals surface area contributed by atoms with E-state index >= 15 is 0 Å². The molecule has 282 valence electrons. The van der Waals surface area contributed by atoms with Crippen LogP contribution in [0.1, 0.15) is 33.5 Å². The predicted octanol–water partition coefficient (Wildman–Crippen LogP) is 3.17. The number of aromatic nitrogens is 1. The van der Waals surface area contributed by atoms with Crippen LogP contribution in [0, 0.1) is 5.41 Å². The average Bonchev–Trinajstić information content (AvgIpc) is 3.86. The lowest BCUT2D eigenvalue weighted by Gasteiger charge is -2.38. The maximum Gasteiger partial charge on any atom is 0.331 e. The Bertz CT molecular complexity index is 1580. The number of methoxy groups -OCH3 is 2. The van der Waals surface area contributed by atoms with Gasteiger partial charge in [0.1, 0.15) is 17.8 Å². The summed E-state index contributed by atoms with van der Waals surface area (Å²) in [6.07, 6.45) is 23.9. The average molecular weight is 725 g/mol. The molecule has 1 aromatic heterocycles. The minimum absolute atomic E-state index is 0.119. The number of allylic oxidation sites excluding steroid dienone is 12. The van der Waals surface area contributed by atoms with Crippen molar-refractivity contribution in [1.82, 2.24) is 20.3 Å². The molecule has 3 unspecified atom stereocenters. The number of oxazole rings is 1. The molecule has 15 nitrogen and oxygen atoms in total. The van der Waals surface area contributed by atoms with Gasteiger partial charge in [-0.25, -0.2) is 9.78 Å². The number of hydroxylamine groups is 2. The molecule has 0 spiro atoms. The number of rotatable bonds is 19. The van der Waals surface area contributed by atoms with Gasteiger partial charge in [-0.1, -0.05) is 72.9 Å². The van der Waals surface area contributed by atoms with Crippen LogP contribution in [-0.2, 0) is 49.3 Å². The van der Waals surface area contributed by atoms with E-state index in [4.69, 9.17) is 23.4 Å². The first kappa shape index (κ1) is 42.9. The second-order valence-electron chi connectivity index (χ2n) is 11.9. The third-order valence-corrected chi connectivity index (χ3v) is 7.87. The molecule has 2 heterocycles. The molecule has 2 N–H and O–H groups in total. The zero-order valence-electron chi connectivity index (χ0n) is 30.5. The molecule has 0 aliphatic carbocycles. The van der Waals surface area contributed by atoms with Crippen LogP contribution >= 0.6 is 0 Å². The first-order valence-corrected chi connectivity index (χ1v) is 16.2. The number of amides is 3. The van der Waals surface area contributed by atoms with Crippen molar-refractivity contribution in [3.63, 3.8) is 0 Å². The van der Waals surface area contributed by atoms with Crippen LogP contribution in [0.3, 0.4) is 0 Å². The van der Waals surface area contributed by atoms with E-state index in [1.807, 2.05) is 12.2 Å². The zero-order valence-corrected chi connectivity index (χ0v) is 30.5. The summed E-state index contributed by atoms with van der Waals surface area (Å²) in [6.45, 7) is 5.68. The normalized spacial score (nSPS) is 18.3. The molecular weight excluding hydrogens is 676 g/mol. The van der Waals surface area contributed by atoms with E-state index in [-0.39, 0.29) is 24.2 Å². The summed E-state index contributed by atoms with van der Waals surface area (Å²) >= 11 is 0. The van der Waals surface area contributed by atoms with Crippen LogP contribution in [0.5, 0.6) is 0 Å². The molecule has 0 saturated carbocycles. The molecule has 15 heteroatoms. The van der Waals surface area contributed by atoms with E-state index in [9.17, 15) is 29.2 Å². The fraction of sp³-hybridized carbons (Fsp3) is 0.405. The van der Waals surface area contributed by atoms with Crippen molar-refractivity contribution >= 4 is 29.5 Å². The third-order valence-electron chi connectivity index (χ3n) is 7.87. The highest BCUT2D eigenvalue weighted by molar-refractivity contribution is 6.12. The number of hydrogen-bond donors (Lipinski definition) is 2. The minimum Gasteiger partial charge on any atom is -0.467 e. The molecule has 1 aliphatic heterocycles. The Morgan fingerprint density at radius 3 is 2.31 bits per heavy atom. The molecule has 0 radical (unpaired) electrons. The lowest BCUT2D eigenvalue weighted by molar-refractivity contribution is -0.246. The van der Waals surface area contributed by atoms with Crippen molar-refractivity contribution in [2.75, 3.05) is 41.2 Å². The monoisotopic (exact) mass is 724 g/mol. The minimum atomic E-state index is -2.24. The fourth-order valence-corrected chi connectivity index (χ4v) is 4.72. The maximum atomic E-state index is 13.5. The zero-order chi connectivity index (χ0) is 38.7. The Hall–Kier alpha value is -5.22. The van der Waals surface area contributed by atoms with Crippen LogP contribution in [0.2, 0.25) is 0 Å². The summed E-state index contributed by atoms with van der Waals surface area (Å²) in [6, 6.07) is -1.20. The van der Waals surface area contributed by atoms with Crippen LogP contribution in [0.25, 0.3) is 0 Å². The van der Waals surface area contributed by atoms with Gasteiger partial charge in [-0.3, -0.25) is 24.4 Å². The molecule has 3 amide bonds. The number of likely N-dealkylation sites (N-methyl/N-ethyl adjacent to an activating group) is 1. The summed E-state index contributed by atoms with van der Waals surface area (Å²) in [5.74, 6) is -2.65. The molecule has 1 aliphatic rings. The van der Waals surface area contributed by atoms with E-state index in [1.165, 1.54) is 32.7 Å². The summed E-state index contributed by atoms with van der Waals surface area (Å²) in [4.78, 5) is 69.1. The number of hydrogen-bond acceptors (Lipinski definition) is 12. The molecule has 1 aromatic rings. The SMILES string of the molecule is COC(=O)C(C(C)OC)N(C)C(=O)C1(N(O)C(=O)C=CC=CC=CC=CCNC(=O)C(C)(C)C(=O)C(C)=CC=CC=CCc2cnco2)COCO1. The smallest absolute Gasteiger partial charge is 0.331 e. The van der Waals surface area contributed by atoms with Crippen LogP contribution < -0.4 is 5.32 Å². The van der Waals surface area contributed by atoms with Gasteiger partial charge in [-0.05, 0) is 33.3 Å². The second-order valence-corrected chi connectivity index (χ2v) is 11.9. The van der Waals surface area contributed by atoms with Crippen molar-refractivity contribution in [3.05, 3.63) is 103 Å². The van der Waals surface area contributed by atoms with Crippen molar-refractivity contribution < 1.29 is 52.5 Å². The third kappa shape index (κ3) is 11.9. The highest BCUT2D eigenvalue weighted by Gasteiger charge is 2.54. The van der Waals surface area contributed by atoms with Gasteiger partial charge in [-0.2, -0.15) is 5.06 Å². The Labute approximate surface area is 303 Å². The van der Waals surface area contributed by atoms with Gasteiger partial charge < -0.3 is 33.6 Å². The van der Waals surface area contributed by atoms with E-state index in [0.717, 1.165) is 23.8 Å². The van der Waals surface area contributed by atoms with E-state index in [1.54, 1.807) is 82.5 Å². The number of nitrogens with zero attached hydrogens (tertiary/aromatic N) is 3. The van der Waals surface area contributed by atoms with Crippen molar-refractivity contribution in [2.45, 2.75) is 52.0 Å². The maximum absolute atomic E-state index is 13.5. The van der Waals surface area contributed by atoms with Crippen molar-refractivity contribution in [1.29, 1.82) is 0 Å². The molecule has 1 fully saturated rings. The van der Waals surface area contributed by atoms with E-state index < -0.39 is 53.6 Å². The van der Waals surface area contributed by atoms with Crippen LogP contribution in [0.4, 0.5) is 0 Å². The Kier molecular flexibility index (Phi) is 17.5. The number of Topliss-reactive ketones (excluding diaryl/α,β-unsaturated/α-hetero) is 1. The topological polar surface area (TPSA) is 187 Å². The first-order chi connectivity index (χ1) is 24.7. The summed E-state index contributed by atoms with van der Waals surface area (Å²) in [7, 11) is 3.80. The van der Waals surface area contributed by atoms with E-state index in [0.29, 0.717) is 12.0 Å². The first-order valence-electron chi connectivity index (χ1n) is 16.2. The summed E-state index contributed by atoms with van der Waals surface area (Å²) in [5.41, 5.74) is -3.08. The van der Waals surface area contributed by atoms with Gasteiger partial charge >= 0.3 is 5.97 Å². The fourth-order valence-electron chi connectivity index (χ4n) is 4.72. The molecule has 0 bridgehead atoms. The van der Waals surface area contributed by atoms with Gasteiger partial charge in [-0.15, -0.1) is 0 Å². The lowest BCUT2D eigenvalue weighted by Crippen LogP contribution is -2.64. The Morgan fingerprint density at radius 1 is 1.04 bits per heavy atom. The molecule has 3 atom stereocenters. The number of carbonyl (C=O) groups excluding carboxylic acids is 5. The van der Waals surface area contributed by atoms with Crippen molar-refractivity contribution in [2.24, 2.45) is 5.41 Å². The van der Waals surface area contributed by atoms with Gasteiger partial charge in [0.05, 0.1) is 19.4 Å². The molecular formula is C37H48N4O11. The molecule has 2 rings (SSSR count). The Morgan fingerprint density at radius 2 is 1.69 bits per heavy atom. The molecule has 0 aromatic carbocycles. The highest BCUT2D eigenvalue weighted by atomic mass is 16.8. The van der Waals surface area contributed by atoms with Crippen LogP contribution in [-0.4, -0.2) is 109 Å². The number of ketones is 1. The second kappa shape index (κ2) is 21.2. The van der Waals surface area contributed by atoms with Gasteiger partial charge in [0, 0.05) is 33.2 Å². The quantitative estimate of drug-likeness (QED) is 0.0531. The number of ether oxygens (including phenoxy) is 4. The van der Waals surface area contributed by atoms with Gasteiger partial charge in [0.15, 0.2) is 25.0 Å². The number of nitrogens with one attached hydrogen (secondary N) is 1. The number of carbonyl (C=O) groups is 5. The van der Waals surface area contributed by atoms with Crippen LogP contribution in [0.15, 0.2) is 102 Å². The standard InChI is InChI=1S/C37H48N4O11/c1-27(19-15-12-13-16-20-29-23-38-25-51-29)32(43)36(3,4)34(45)39-22-18-14-10-8-9-11-17-21-30(42)41(47)37(24-50-26-52-37)35(46)40(5)31(28(2)48-6)33(44)49-7/h8-19,21,23,25,28,31,47H,20,22,24,26H2,1-7H3,(H,39,45). The highest BCUT2D eigenvalue weighted by Crippen LogP contribution is 2.27.